The number of nitrogens with zero attached hydrogens (tertiary/aromatic N) is 1. The molecule has 2 rings (SSSR count). The number of carbonyl (C=O) groups excluding carboxylic acids is 1. The molecule has 0 N–H and O–H groups in total. The number of thiocarbonyl (C=S) groups is 1. The molecule has 0 aliphatic carbocycles. The highest BCUT2D eigenvalue weighted by atomic mass is 32.1. The molecule has 1 aromatic carbocycles. The monoisotopic (exact) mass is 263 g/mol. The second kappa shape index (κ2) is 5.48. The van der Waals surface area contributed by atoms with Crippen molar-refractivity contribution in [2.75, 3.05) is 6.61 Å². The van der Waals surface area contributed by atoms with Crippen LogP contribution in [0.2, 0.25) is 0 Å². The SMILES string of the molecule is CC(C)CC(=O)N1C(=S)OC[C@H]1c1ccccc1. The van der Waals surface area contributed by atoms with Crippen molar-refractivity contribution in [2.24, 2.45) is 5.92 Å². The topological polar surface area (TPSA) is 29.5 Å². The highest BCUT2D eigenvalue weighted by molar-refractivity contribution is 7.80. The molecular formula is C14H17NO2S. The van der Waals surface area contributed by atoms with Crippen LogP contribution in [0.3, 0.4) is 0 Å². The van der Waals surface area contributed by atoms with Crippen molar-refractivity contribution < 1.29 is 9.53 Å². The summed E-state index contributed by atoms with van der Waals surface area (Å²) in [4.78, 5) is 13.8. The maximum Gasteiger partial charge on any atom is 0.266 e. The molecule has 1 amide bonds. The normalized spacial score (nSPS) is 19.2. The van der Waals surface area contributed by atoms with Gasteiger partial charge in [0.15, 0.2) is 0 Å². The fraction of sp³-hybridized carbons (Fsp3) is 0.429. The van der Waals surface area contributed by atoms with E-state index in [2.05, 4.69) is 0 Å². The maximum atomic E-state index is 12.2. The summed E-state index contributed by atoms with van der Waals surface area (Å²) in [5.74, 6) is 0.360. The highest BCUT2D eigenvalue weighted by Crippen LogP contribution is 2.28. The highest BCUT2D eigenvalue weighted by Gasteiger charge is 2.35. The number of benzene rings is 1. The number of hydrogen-bond donors (Lipinski definition) is 0. The summed E-state index contributed by atoms with van der Waals surface area (Å²) in [5, 5.41) is 0.300. The van der Waals surface area contributed by atoms with Gasteiger partial charge in [-0.3, -0.25) is 9.69 Å². The zero-order chi connectivity index (χ0) is 13.1. The molecule has 4 heteroatoms. The van der Waals surface area contributed by atoms with Crippen LogP contribution in [0, 0.1) is 5.92 Å². The average Bonchev–Trinajstić information content (AvgIpc) is 2.71. The Hall–Kier alpha value is -1.42. The molecule has 0 radical (unpaired) electrons. The molecule has 0 spiro atoms. The summed E-state index contributed by atoms with van der Waals surface area (Å²) in [6.07, 6.45) is 0.493. The Morgan fingerprint density at radius 3 is 2.72 bits per heavy atom. The zero-order valence-electron chi connectivity index (χ0n) is 10.6. The van der Waals surface area contributed by atoms with Gasteiger partial charge in [0.05, 0.1) is 6.04 Å². The second-order valence-corrected chi connectivity index (χ2v) is 5.21. The lowest BCUT2D eigenvalue weighted by molar-refractivity contribution is -0.129. The standard InChI is InChI=1S/C14H17NO2S/c1-10(2)8-13(16)15-12(9-17-14(15)18)11-6-4-3-5-7-11/h3-7,10,12H,8-9H2,1-2H3/t12-/m0/s1. The van der Waals surface area contributed by atoms with Gasteiger partial charge < -0.3 is 4.74 Å². The molecule has 96 valence electrons. The summed E-state index contributed by atoms with van der Waals surface area (Å²) in [5.41, 5.74) is 1.06. The predicted molar refractivity (Wildman–Crippen MR) is 74.0 cm³/mol. The van der Waals surface area contributed by atoms with Gasteiger partial charge >= 0.3 is 0 Å². The second-order valence-electron chi connectivity index (χ2n) is 4.87. The largest absolute Gasteiger partial charge is 0.468 e. The molecule has 1 aliphatic heterocycles. The summed E-state index contributed by atoms with van der Waals surface area (Å²) >= 11 is 5.13. The van der Waals surface area contributed by atoms with Gasteiger partial charge in [-0.1, -0.05) is 44.2 Å². The van der Waals surface area contributed by atoms with E-state index in [4.69, 9.17) is 17.0 Å². The molecule has 0 bridgehead atoms. The lowest BCUT2D eigenvalue weighted by Gasteiger charge is -2.22. The number of ether oxygens (including phenoxy) is 1. The first-order chi connectivity index (χ1) is 8.59. The van der Waals surface area contributed by atoms with Gasteiger partial charge in [0.1, 0.15) is 6.61 Å². The van der Waals surface area contributed by atoms with Gasteiger partial charge in [-0.05, 0) is 23.7 Å². The van der Waals surface area contributed by atoms with Crippen LogP contribution in [0.25, 0.3) is 0 Å². The smallest absolute Gasteiger partial charge is 0.266 e. The van der Waals surface area contributed by atoms with Crippen LogP contribution >= 0.6 is 12.2 Å². The van der Waals surface area contributed by atoms with Crippen molar-refractivity contribution in [1.29, 1.82) is 0 Å². The molecule has 1 fully saturated rings. The van der Waals surface area contributed by atoms with Crippen molar-refractivity contribution >= 4 is 23.3 Å². The van der Waals surface area contributed by atoms with Crippen molar-refractivity contribution in [2.45, 2.75) is 26.3 Å². The van der Waals surface area contributed by atoms with Crippen molar-refractivity contribution in [1.82, 2.24) is 4.90 Å². The Bertz CT molecular complexity index is 444. The minimum atomic E-state index is -0.0788. The number of hydrogen-bond acceptors (Lipinski definition) is 3. The average molecular weight is 263 g/mol. The summed E-state index contributed by atoms with van der Waals surface area (Å²) < 4.78 is 5.37. The molecule has 1 aliphatic rings. The molecule has 0 saturated carbocycles. The molecule has 1 heterocycles. The Morgan fingerprint density at radius 1 is 1.44 bits per heavy atom. The van der Waals surface area contributed by atoms with Crippen LogP contribution in [-0.4, -0.2) is 22.6 Å². The van der Waals surface area contributed by atoms with Crippen LogP contribution in [0.1, 0.15) is 31.9 Å². The van der Waals surface area contributed by atoms with Crippen LogP contribution in [-0.2, 0) is 9.53 Å². The minimum absolute atomic E-state index is 0.0429. The molecule has 1 atom stereocenters. The fourth-order valence-corrected chi connectivity index (χ4v) is 2.36. The van der Waals surface area contributed by atoms with E-state index in [1.54, 1.807) is 4.90 Å². The third kappa shape index (κ3) is 2.70. The molecule has 0 aromatic heterocycles. The van der Waals surface area contributed by atoms with Crippen LogP contribution < -0.4 is 0 Å². The summed E-state index contributed by atoms with van der Waals surface area (Å²) in [7, 11) is 0. The maximum absolute atomic E-state index is 12.2. The third-order valence-corrected chi connectivity index (χ3v) is 3.22. The van der Waals surface area contributed by atoms with Crippen LogP contribution in [0.15, 0.2) is 30.3 Å². The van der Waals surface area contributed by atoms with Gasteiger partial charge in [0, 0.05) is 6.42 Å². The van der Waals surface area contributed by atoms with Gasteiger partial charge in [-0.2, -0.15) is 0 Å². The van der Waals surface area contributed by atoms with E-state index in [9.17, 15) is 4.79 Å². The minimum Gasteiger partial charge on any atom is -0.468 e. The van der Waals surface area contributed by atoms with Crippen molar-refractivity contribution in [3.63, 3.8) is 0 Å². The first-order valence-corrected chi connectivity index (χ1v) is 6.54. The first-order valence-electron chi connectivity index (χ1n) is 6.13. The molecule has 0 unspecified atom stereocenters. The summed E-state index contributed by atoms with van der Waals surface area (Å²) in [6.45, 7) is 4.50. The Balaban J connectivity index is 2.20. The molecule has 1 saturated heterocycles. The van der Waals surface area contributed by atoms with E-state index < -0.39 is 0 Å². The molecule has 1 aromatic rings. The lowest BCUT2D eigenvalue weighted by Crippen LogP contribution is -2.34. The van der Waals surface area contributed by atoms with E-state index >= 15 is 0 Å². The molecular weight excluding hydrogens is 246 g/mol. The lowest BCUT2D eigenvalue weighted by atomic mass is 10.1. The number of amides is 1. The Kier molecular flexibility index (Phi) is 3.97. The summed E-state index contributed by atoms with van der Waals surface area (Å²) in [6, 6.07) is 9.79. The van der Waals surface area contributed by atoms with E-state index in [-0.39, 0.29) is 11.9 Å². The zero-order valence-corrected chi connectivity index (χ0v) is 11.4. The number of rotatable bonds is 3. The van der Waals surface area contributed by atoms with E-state index in [0.29, 0.717) is 24.1 Å². The van der Waals surface area contributed by atoms with Gasteiger partial charge in [-0.25, -0.2) is 0 Å². The van der Waals surface area contributed by atoms with Crippen LogP contribution in [0.5, 0.6) is 0 Å². The molecule has 3 nitrogen and oxygen atoms in total. The van der Waals surface area contributed by atoms with Gasteiger partial charge in [-0.15, -0.1) is 0 Å². The quantitative estimate of drug-likeness (QED) is 0.785. The van der Waals surface area contributed by atoms with Crippen molar-refractivity contribution in [3.8, 4) is 0 Å². The van der Waals surface area contributed by atoms with Gasteiger partial charge in [0.25, 0.3) is 5.17 Å². The predicted octanol–water partition coefficient (Wildman–Crippen LogP) is 2.92. The fourth-order valence-electron chi connectivity index (χ4n) is 2.07. The number of carbonyl (C=O) groups is 1. The van der Waals surface area contributed by atoms with E-state index in [1.165, 1.54) is 0 Å². The van der Waals surface area contributed by atoms with Crippen LogP contribution in [0.4, 0.5) is 0 Å². The van der Waals surface area contributed by atoms with E-state index in [1.807, 2.05) is 44.2 Å². The third-order valence-electron chi connectivity index (χ3n) is 2.91. The molecule has 18 heavy (non-hydrogen) atoms. The van der Waals surface area contributed by atoms with E-state index in [0.717, 1.165) is 5.56 Å². The Labute approximate surface area is 113 Å². The van der Waals surface area contributed by atoms with Crippen molar-refractivity contribution in [3.05, 3.63) is 35.9 Å². The Morgan fingerprint density at radius 2 is 2.11 bits per heavy atom. The van der Waals surface area contributed by atoms with Gasteiger partial charge in [0.2, 0.25) is 5.91 Å². The first kappa shape index (κ1) is 13.0.